The van der Waals surface area contributed by atoms with Gasteiger partial charge in [0, 0.05) is 29.8 Å². The van der Waals surface area contributed by atoms with E-state index in [0.717, 1.165) is 37.5 Å². The van der Waals surface area contributed by atoms with Crippen molar-refractivity contribution in [2.75, 3.05) is 6.54 Å². The second kappa shape index (κ2) is 11.3. The Morgan fingerprint density at radius 1 is 0.914 bits per heavy atom. The van der Waals surface area contributed by atoms with Crippen molar-refractivity contribution in [3.05, 3.63) is 58.7 Å². The molecule has 11 heteroatoms. The van der Waals surface area contributed by atoms with E-state index in [1.165, 1.54) is 18.2 Å². The van der Waals surface area contributed by atoms with Crippen molar-refractivity contribution < 1.29 is 35.9 Å². The zero-order chi connectivity index (χ0) is 25.6. The van der Waals surface area contributed by atoms with Gasteiger partial charge in [0.2, 0.25) is 5.91 Å². The minimum atomic E-state index is -4.50. The number of nitrogens with one attached hydrogen (secondary N) is 3. The predicted molar refractivity (Wildman–Crippen MR) is 117 cm³/mol. The quantitative estimate of drug-likeness (QED) is 0.479. The van der Waals surface area contributed by atoms with E-state index in [2.05, 4.69) is 16.0 Å². The smallest absolute Gasteiger partial charge is 0.350 e. The van der Waals surface area contributed by atoms with Gasteiger partial charge in [0.05, 0.1) is 12.1 Å². The molecule has 2 atom stereocenters. The summed E-state index contributed by atoms with van der Waals surface area (Å²) in [7, 11) is 0. The van der Waals surface area contributed by atoms with E-state index in [1.54, 1.807) is 0 Å². The molecule has 0 aromatic heterocycles. The standard InChI is InChI=1S/C24H27F6N3O2/c25-23(26,27)17-10-8-15(9-11-17)13-31-19-6-1-2-7-20(19)33-21(34)14-32-22(35)16-4-3-5-18(12-16)24(28,29)30/h4,8-12,19-20,31H,1-3,5-7,13-14H2,(H,32,35)(H,33,34)/t19-,20+/m1/s1. The monoisotopic (exact) mass is 503 g/mol. The average Bonchev–Trinajstić information content (AvgIpc) is 2.81. The van der Waals surface area contributed by atoms with Crippen LogP contribution in [0.15, 0.2) is 47.6 Å². The van der Waals surface area contributed by atoms with Crippen molar-refractivity contribution in [3.63, 3.8) is 0 Å². The van der Waals surface area contributed by atoms with Crippen molar-refractivity contribution in [3.8, 4) is 0 Å². The highest BCUT2D eigenvalue weighted by Crippen LogP contribution is 2.33. The summed E-state index contributed by atoms with van der Waals surface area (Å²) in [6.45, 7) is -0.0541. The minimum Gasteiger partial charge on any atom is -0.350 e. The topological polar surface area (TPSA) is 70.2 Å². The van der Waals surface area contributed by atoms with E-state index in [1.807, 2.05) is 0 Å². The third-order valence-corrected chi connectivity index (χ3v) is 6.11. The Labute approximate surface area is 199 Å². The molecule has 5 nitrogen and oxygen atoms in total. The summed E-state index contributed by atoms with van der Waals surface area (Å²) >= 11 is 0. The van der Waals surface area contributed by atoms with E-state index in [4.69, 9.17) is 0 Å². The number of carbonyl (C=O) groups is 2. The molecule has 2 amide bonds. The fourth-order valence-electron chi connectivity index (χ4n) is 4.21. The molecule has 0 saturated heterocycles. The molecule has 0 aliphatic heterocycles. The Hall–Kier alpha value is -2.82. The van der Waals surface area contributed by atoms with Crippen LogP contribution in [0.2, 0.25) is 0 Å². The molecule has 1 aromatic rings. The number of amides is 2. The average molecular weight is 503 g/mol. The van der Waals surface area contributed by atoms with E-state index >= 15 is 0 Å². The van der Waals surface area contributed by atoms with Gasteiger partial charge < -0.3 is 16.0 Å². The second-order valence-electron chi connectivity index (χ2n) is 8.69. The molecular weight excluding hydrogens is 476 g/mol. The number of hydrogen-bond acceptors (Lipinski definition) is 3. The van der Waals surface area contributed by atoms with Crippen LogP contribution in [0, 0.1) is 0 Å². The Bertz CT molecular complexity index is 967. The van der Waals surface area contributed by atoms with Crippen LogP contribution in [0.3, 0.4) is 0 Å². The summed E-state index contributed by atoms with van der Waals surface area (Å²) in [6, 6.07) is 4.50. The molecule has 2 aliphatic rings. The van der Waals surface area contributed by atoms with E-state index in [9.17, 15) is 35.9 Å². The van der Waals surface area contributed by atoms with Crippen LogP contribution < -0.4 is 16.0 Å². The lowest BCUT2D eigenvalue weighted by atomic mass is 9.90. The molecule has 0 heterocycles. The largest absolute Gasteiger partial charge is 0.416 e. The molecule has 1 aromatic carbocycles. The van der Waals surface area contributed by atoms with Crippen LogP contribution in [0.25, 0.3) is 0 Å². The Morgan fingerprint density at radius 2 is 1.57 bits per heavy atom. The molecule has 1 fully saturated rings. The summed E-state index contributed by atoms with van der Waals surface area (Å²) in [5, 5.41) is 8.49. The molecule has 0 radical (unpaired) electrons. The van der Waals surface area contributed by atoms with Crippen LogP contribution in [0.4, 0.5) is 26.3 Å². The lowest BCUT2D eigenvalue weighted by Crippen LogP contribution is -2.53. The van der Waals surface area contributed by atoms with Crippen LogP contribution >= 0.6 is 0 Å². The molecule has 35 heavy (non-hydrogen) atoms. The van der Waals surface area contributed by atoms with E-state index < -0.39 is 35.3 Å². The van der Waals surface area contributed by atoms with Gasteiger partial charge in [-0.1, -0.05) is 31.1 Å². The number of hydrogen-bond donors (Lipinski definition) is 3. The van der Waals surface area contributed by atoms with Gasteiger partial charge in [0.15, 0.2) is 0 Å². The number of alkyl halides is 6. The molecule has 0 unspecified atom stereocenters. The Balaban J connectivity index is 1.49. The molecule has 3 rings (SSSR count). The normalized spacial score (nSPS) is 21.1. The number of rotatable bonds is 7. The fourth-order valence-corrected chi connectivity index (χ4v) is 4.21. The molecule has 3 N–H and O–H groups in total. The second-order valence-corrected chi connectivity index (χ2v) is 8.69. The first-order valence-corrected chi connectivity index (χ1v) is 11.4. The van der Waals surface area contributed by atoms with Crippen molar-refractivity contribution in [2.45, 2.75) is 69.5 Å². The van der Waals surface area contributed by atoms with Gasteiger partial charge in [-0.05, 0) is 49.5 Å². The zero-order valence-electron chi connectivity index (χ0n) is 18.9. The molecule has 1 saturated carbocycles. The Kier molecular flexibility index (Phi) is 8.63. The van der Waals surface area contributed by atoms with Crippen molar-refractivity contribution >= 4 is 11.8 Å². The third-order valence-electron chi connectivity index (χ3n) is 6.11. The zero-order valence-corrected chi connectivity index (χ0v) is 18.9. The van der Waals surface area contributed by atoms with Gasteiger partial charge in [-0.25, -0.2) is 0 Å². The van der Waals surface area contributed by atoms with Gasteiger partial charge in [0.25, 0.3) is 5.91 Å². The van der Waals surface area contributed by atoms with E-state index in [0.29, 0.717) is 18.5 Å². The van der Waals surface area contributed by atoms with Gasteiger partial charge in [0.1, 0.15) is 0 Å². The van der Waals surface area contributed by atoms with Crippen LogP contribution in [-0.4, -0.2) is 36.6 Å². The number of carbonyl (C=O) groups excluding carboxylic acids is 2. The maximum Gasteiger partial charge on any atom is 0.416 e. The maximum absolute atomic E-state index is 12.9. The van der Waals surface area contributed by atoms with Crippen LogP contribution in [-0.2, 0) is 22.3 Å². The molecule has 2 aliphatic carbocycles. The highest BCUT2D eigenvalue weighted by molar-refractivity contribution is 5.98. The fraction of sp³-hybridized carbons (Fsp3) is 0.500. The number of halogens is 6. The first-order chi connectivity index (χ1) is 16.4. The van der Waals surface area contributed by atoms with Crippen molar-refractivity contribution in [1.29, 1.82) is 0 Å². The molecular formula is C24H27F6N3O2. The highest BCUT2D eigenvalue weighted by Gasteiger charge is 2.35. The molecule has 192 valence electrons. The van der Waals surface area contributed by atoms with Gasteiger partial charge in [-0.3, -0.25) is 9.59 Å². The summed E-state index contributed by atoms with van der Waals surface area (Å²) in [5.41, 5.74) is -0.947. The Morgan fingerprint density at radius 3 is 2.20 bits per heavy atom. The lowest BCUT2D eigenvalue weighted by molar-refractivity contribution is -0.137. The minimum absolute atomic E-state index is 0.0919. The van der Waals surface area contributed by atoms with Crippen LogP contribution in [0.1, 0.15) is 49.7 Å². The molecule has 0 bridgehead atoms. The summed E-state index contributed by atoms with van der Waals surface area (Å²) in [5.74, 6) is -1.22. The van der Waals surface area contributed by atoms with Gasteiger partial charge in [-0.2, -0.15) is 26.3 Å². The first kappa shape index (κ1) is 26.8. The number of allylic oxidation sites excluding steroid dienone is 2. The predicted octanol–water partition coefficient (Wildman–Crippen LogP) is 4.55. The van der Waals surface area contributed by atoms with Crippen molar-refractivity contribution in [1.82, 2.24) is 16.0 Å². The van der Waals surface area contributed by atoms with Crippen molar-refractivity contribution in [2.24, 2.45) is 0 Å². The SMILES string of the molecule is O=C(CNC(=O)C1=CCCC(C(F)(F)F)=C1)N[C@H]1CCCC[C@H]1NCc1ccc(C(F)(F)F)cc1. The van der Waals surface area contributed by atoms with E-state index in [-0.39, 0.29) is 37.0 Å². The third kappa shape index (κ3) is 7.84. The number of benzene rings is 1. The first-order valence-electron chi connectivity index (χ1n) is 11.4. The van der Waals surface area contributed by atoms with Gasteiger partial charge >= 0.3 is 12.4 Å². The highest BCUT2D eigenvalue weighted by atomic mass is 19.4. The molecule has 0 spiro atoms. The summed E-state index contributed by atoms with van der Waals surface area (Å²) in [4.78, 5) is 24.6. The summed E-state index contributed by atoms with van der Waals surface area (Å²) < 4.78 is 76.8. The maximum atomic E-state index is 12.9. The summed E-state index contributed by atoms with van der Waals surface area (Å²) in [6.07, 6.45) is -3.53. The van der Waals surface area contributed by atoms with Crippen LogP contribution in [0.5, 0.6) is 0 Å². The lowest BCUT2D eigenvalue weighted by Gasteiger charge is -2.33. The van der Waals surface area contributed by atoms with Gasteiger partial charge in [-0.15, -0.1) is 0 Å².